The third-order valence-corrected chi connectivity index (χ3v) is 12.9. The fourth-order valence-electron chi connectivity index (χ4n) is 9.03. The maximum absolute atomic E-state index is 14.1. The Labute approximate surface area is 400 Å². The van der Waals surface area contributed by atoms with E-state index in [2.05, 4.69) is 10.1 Å². The van der Waals surface area contributed by atoms with E-state index in [4.69, 9.17) is 52.2 Å². The number of carbonyl (C=O) groups excluding carboxylic acids is 2. The van der Waals surface area contributed by atoms with Gasteiger partial charge < -0.3 is 72.4 Å². The van der Waals surface area contributed by atoms with E-state index < -0.39 is 97.3 Å². The van der Waals surface area contributed by atoms with Crippen LogP contribution in [0, 0.1) is 23.7 Å². The average Bonchev–Trinajstić information content (AvgIpc) is 3.33. The van der Waals surface area contributed by atoms with Gasteiger partial charge in [-0.3, -0.25) is 14.6 Å². The second kappa shape index (κ2) is 27.7. The van der Waals surface area contributed by atoms with Crippen LogP contribution in [-0.4, -0.2) is 191 Å². The predicted octanol–water partition coefficient (Wildman–Crippen LogP) is 3.09. The maximum Gasteiger partial charge on any atom is 0.308 e. The highest BCUT2D eigenvalue weighted by Gasteiger charge is 2.48. The lowest BCUT2D eigenvalue weighted by molar-refractivity contribution is -0.305. The van der Waals surface area contributed by atoms with Gasteiger partial charge in [0.1, 0.15) is 30.1 Å². The highest BCUT2D eigenvalue weighted by atomic mass is 16.7. The quantitative estimate of drug-likeness (QED) is 0.105. The number of nitrogens with zero attached hydrogens (tertiary/aromatic N) is 3. The highest BCUT2D eigenvalue weighted by Crippen LogP contribution is 2.36. The van der Waals surface area contributed by atoms with Crippen molar-refractivity contribution in [3.05, 3.63) is 60.0 Å². The SMILES string of the molecule is CO[C@@H]1[C@H](O)[C@@H](C)O[C@@H](OC[C@H]2/C=C(C)/C=C/C(=O)[C@H](C)CC3CCOC/C(=N\OCOC/C=C/c4cccnc4)CO[C@H](CC(=O)OC2)[C@H](C)[C@H]3O[C@@H]2O[C@H](C)[C@@H](O)[C@H](N(C)C)[C@H]2O)[C@@H]1OC. The molecule has 0 aromatic carbocycles. The minimum absolute atomic E-state index is 0.0234. The first-order chi connectivity index (χ1) is 32.6. The van der Waals surface area contributed by atoms with Crippen LogP contribution >= 0.6 is 0 Å². The number of ketones is 1. The summed E-state index contributed by atoms with van der Waals surface area (Å²) in [5.74, 6) is -2.62. The van der Waals surface area contributed by atoms with E-state index in [1.807, 2.05) is 51.1 Å². The molecule has 5 rings (SSSR count). The van der Waals surface area contributed by atoms with Crippen molar-refractivity contribution < 1.29 is 77.1 Å². The molecule has 0 spiro atoms. The van der Waals surface area contributed by atoms with Gasteiger partial charge in [-0.05, 0) is 71.3 Å². The molecule has 4 aliphatic heterocycles. The van der Waals surface area contributed by atoms with E-state index in [0.717, 1.165) is 11.1 Å². The topological polar surface area (TPSA) is 225 Å². The lowest BCUT2D eigenvalue weighted by Gasteiger charge is -2.47. The normalized spacial score (nSPS) is 38.2. The van der Waals surface area contributed by atoms with Crippen LogP contribution < -0.4 is 0 Å². The van der Waals surface area contributed by atoms with Gasteiger partial charge in [-0.25, -0.2) is 0 Å². The molecule has 382 valence electrons. The van der Waals surface area contributed by atoms with Gasteiger partial charge in [0, 0.05) is 51.0 Å². The molecule has 3 fully saturated rings. The van der Waals surface area contributed by atoms with Crippen LogP contribution in [-0.2, 0) is 61.8 Å². The van der Waals surface area contributed by atoms with Crippen LogP contribution in [0.4, 0.5) is 0 Å². The van der Waals surface area contributed by atoms with Gasteiger partial charge in [-0.1, -0.05) is 54.9 Å². The van der Waals surface area contributed by atoms with E-state index >= 15 is 0 Å². The molecule has 1 unspecified atom stereocenters. The number of likely N-dealkylation sites (N-methyl/N-ethyl adjacent to an activating group) is 1. The molecule has 1 aromatic rings. The molecule has 19 nitrogen and oxygen atoms in total. The third-order valence-electron chi connectivity index (χ3n) is 12.9. The molecule has 3 saturated heterocycles. The van der Waals surface area contributed by atoms with Crippen molar-refractivity contribution in [2.75, 3.05) is 74.7 Å². The van der Waals surface area contributed by atoms with Crippen molar-refractivity contribution in [1.29, 1.82) is 0 Å². The molecule has 16 atom stereocenters. The summed E-state index contributed by atoms with van der Waals surface area (Å²) in [6, 6.07) is 3.06. The predicted molar refractivity (Wildman–Crippen MR) is 248 cm³/mol. The van der Waals surface area contributed by atoms with Gasteiger partial charge in [0.25, 0.3) is 0 Å². The average molecular weight is 962 g/mol. The van der Waals surface area contributed by atoms with Crippen molar-refractivity contribution in [3.8, 4) is 0 Å². The molecule has 0 amide bonds. The summed E-state index contributed by atoms with van der Waals surface area (Å²) in [6.07, 6.45) is 3.15. The Morgan fingerprint density at radius 1 is 0.941 bits per heavy atom. The number of methoxy groups -OCH3 is 2. The van der Waals surface area contributed by atoms with Crippen LogP contribution in [0.15, 0.2) is 59.6 Å². The molecular weight excluding hydrogens is 887 g/mol. The van der Waals surface area contributed by atoms with Crippen molar-refractivity contribution in [3.63, 3.8) is 0 Å². The number of oxime groups is 1. The van der Waals surface area contributed by atoms with Crippen molar-refractivity contribution in [2.24, 2.45) is 28.8 Å². The zero-order valence-corrected chi connectivity index (χ0v) is 41.0. The fraction of sp³-hybridized carbons (Fsp3) is 0.714. The molecule has 2 bridgehead atoms. The van der Waals surface area contributed by atoms with E-state index in [0.29, 0.717) is 18.6 Å². The standard InChI is InChI=1S/C49H75N3O16/c1-29-14-15-38(53)30(2)21-36-16-19-60-26-37(51-65-28-61-18-11-13-34-12-10-17-50-23-34)27-62-39(31(3)45(36)68-48-44(57)41(52(6)7)42(55)32(4)66-48)22-40(54)63-24-35(20-29)25-64-49-47(59-9)46(58-8)43(56)33(5)67-49/h10-15,17,20,23,30-33,35-36,39,41-49,55-57H,16,18-19,21-22,24-28H2,1-9H3/b13-11+,15-14+,29-20+,51-37+/t30-,31+,32-,33-,35+,36?,39-,41+,42-,43-,44-,45-,46-,47-,48+,49-/m1/s1. The second-order valence-electron chi connectivity index (χ2n) is 18.4. The van der Waals surface area contributed by atoms with Gasteiger partial charge in [0.2, 0.25) is 6.79 Å². The molecule has 5 heterocycles. The van der Waals surface area contributed by atoms with Crippen LogP contribution in [0.5, 0.6) is 0 Å². The molecule has 68 heavy (non-hydrogen) atoms. The first-order valence-corrected chi connectivity index (χ1v) is 23.5. The molecule has 3 N–H and O–H groups in total. The number of rotatable bonds is 14. The number of ether oxygens (including phenoxy) is 10. The third kappa shape index (κ3) is 16.0. The Morgan fingerprint density at radius 3 is 2.41 bits per heavy atom. The van der Waals surface area contributed by atoms with Gasteiger partial charge in [0.05, 0.1) is 76.0 Å². The number of esters is 1. The number of fused-ring (bicyclic) bond motifs is 3. The molecule has 0 aliphatic carbocycles. The van der Waals surface area contributed by atoms with Crippen LogP contribution in [0.25, 0.3) is 6.08 Å². The first kappa shape index (κ1) is 55.4. The number of allylic oxidation sites excluding steroid dienone is 3. The first-order valence-electron chi connectivity index (χ1n) is 23.5. The van der Waals surface area contributed by atoms with Gasteiger partial charge in [-0.2, -0.15) is 0 Å². The summed E-state index contributed by atoms with van der Waals surface area (Å²) in [5.41, 5.74) is 2.06. The van der Waals surface area contributed by atoms with Gasteiger partial charge in [-0.15, -0.1) is 0 Å². The monoisotopic (exact) mass is 962 g/mol. The maximum atomic E-state index is 14.1. The number of cyclic esters (lactones) is 1. The lowest BCUT2D eigenvalue weighted by atomic mass is 9.79. The Kier molecular flexibility index (Phi) is 22.6. The molecule has 19 heteroatoms. The highest BCUT2D eigenvalue weighted by molar-refractivity contribution is 5.91. The summed E-state index contributed by atoms with van der Waals surface area (Å²) >= 11 is 0. The minimum Gasteiger partial charge on any atom is -0.465 e. The fourth-order valence-corrected chi connectivity index (χ4v) is 9.03. The Hall–Kier alpha value is -3.54. The van der Waals surface area contributed by atoms with Crippen molar-refractivity contribution in [1.82, 2.24) is 9.88 Å². The molecule has 0 saturated carbocycles. The summed E-state index contributed by atoms with van der Waals surface area (Å²) in [4.78, 5) is 39.4. The van der Waals surface area contributed by atoms with Gasteiger partial charge >= 0.3 is 5.97 Å². The van der Waals surface area contributed by atoms with Crippen molar-refractivity contribution >= 4 is 23.5 Å². The number of aromatic nitrogens is 1. The smallest absolute Gasteiger partial charge is 0.308 e. The zero-order valence-electron chi connectivity index (χ0n) is 41.0. The van der Waals surface area contributed by atoms with Crippen LogP contribution in [0.2, 0.25) is 0 Å². The Bertz CT molecular complexity index is 1820. The van der Waals surface area contributed by atoms with Gasteiger partial charge in [0.15, 0.2) is 18.4 Å². The molecule has 0 radical (unpaired) electrons. The van der Waals surface area contributed by atoms with Crippen LogP contribution in [0.1, 0.15) is 59.4 Å². The number of aliphatic hydroxyl groups is 3. The summed E-state index contributed by atoms with van der Waals surface area (Å²) in [7, 11) is 6.48. The zero-order chi connectivity index (χ0) is 49.3. The molecular formula is C49H75N3O16. The summed E-state index contributed by atoms with van der Waals surface area (Å²) in [5, 5.41) is 37.7. The van der Waals surface area contributed by atoms with E-state index in [1.54, 1.807) is 57.4 Å². The van der Waals surface area contributed by atoms with E-state index in [1.165, 1.54) is 14.2 Å². The number of hydrogen-bond acceptors (Lipinski definition) is 19. The number of aliphatic hydroxyl groups excluding tert-OH is 3. The number of pyridine rings is 1. The lowest BCUT2D eigenvalue weighted by Crippen LogP contribution is -2.63. The van der Waals surface area contributed by atoms with E-state index in [9.17, 15) is 24.9 Å². The van der Waals surface area contributed by atoms with E-state index in [-0.39, 0.29) is 64.6 Å². The minimum atomic E-state index is -1.26. The number of carbonyl (C=O) groups is 2. The molecule has 4 aliphatic rings. The molecule has 1 aromatic heterocycles. The second-order valence-corrected chi connectivity index (χ2v) is 18.4. The summed E-state index contributed by atoms with van der Waals surface area (Å²) < 4.78 is 60.7. The summed E-state index contributed by atoms with van der Waals surface area (Å²) in [6.45, 7) is 9.25. The van der Waals surface area contributed by atoms with Crippen molar-refractivity contribution in [2.45, 2.75) is 127 Å². The largest absolute Gasteiger partial charge is 0.465 e. The van der Waals surface area contributed by atoms with Crippen LogP contribution in [0.3, 0.4) is 0 Å². The Morgan fingerprint density at radius 2 is 1.69 bits per heavy atom. The Balaban J connectivity index is 1.42. The number of hydrogen-bond donors (Lipinski definition) is 3.